The predicted molar refractivity (Wildman–Crippen MR) is 116 cm³/mol. The lowest BCUT2D eigenvalue weighted by molar-refractivity contribution is -0.119. The van der Waals surface area contributed by atoms with Gasteiger partial charge in [0.05, 0.1) is 11.9 Å². The monoisotopic (exact) mass is 434 g/mol. The third-order valence-electron chi connectivity index (χ3n) is 4.52. The molecule has 0 bridgehead atoms. The zero-order valence-electron chi connectivity index (χ0n) is 16.9. The van der Waals surface area contributed by atoms with E-state index in [4.69, 9.17) is 4.74 Å². The minimum absolute atomic E-state index is 0.0385. The van der Waals surface area contributed by atoms with Crippen molar-refractivity contribution in [3.63, 3.8) is 0 Å². The maximum atomic E-state index is 12.4. The quantitative estimate of drug-likeness (QED) is 0.512. The first-order valence-corrected chi connectivity index (χ1v) is 11.4. The van der Waals surface area contributed by atoms with Gasteiger partial charge in [-0.1, -0.05) is 56.0 Å². The van der Waals surface area contributed by atoms with Crippen LogP contribution in [0.25, 0.3) is 0 Å². The molecule has 1 aliphatic heterocycles. The van der Waals surface area contributed by atoms with Crippen molar-refractivity contribution in [2.45, 2.75) is 49.5 Å². The van der Waals surface area contributed by atoms with Crippen LogP contribution in [0.5, 0.6) is 0 Å². The smallest absolute Gasteiger partial charge is 0.257 e. The molecule has 2 heterocycles. The molecule has 1 aromatic heterocycles. The van der Waals surface area contributed by atoms with Crippen LogP contribution in [0.1, 0.15) is 49.5 Å². The summed E-state index contributed by atoms with van der Waals surface area (Å²) < 4.78 is 6.12. The zero-order chi connectivity index (χ0) is 20.9. The van der Waals surface area contributed by atoms with Gasteiger partial charge in [-0.3, -0.25) is 14.9 Å². The molecule has 1 aliphatic rings. The van der Waals surface area contributed by atoms with Crippen LogP contribution in [0.4, 0.5) is 5.13 Å². The lowest BCUT2D eigenvalue weighted by Gasteiger charge is -2.18. The van der Waals surface area contributed by atoms with Gasteiger partial charge in [0.15, 0.2) is 4.34 Å². The fourth-order valence-corrected chi connectivity index (χ4v) is 4.40. The van der Waals surface area contributed by atoms with E-state index in [9.17, 15) is 9.59 Å². The summed E-state index contributed by atoms with van der Waals surface area (Å²) in [6.07, 6.45) is 2.17. The number of carbonyl (C=O) groups is 2. The molecular weight excluding hydrogens is 408 g/mol. The summed E-state index contributed by atoms with van der Waals surface area (Å²) in [5, 5.41) is 14.1. The Bertz CT molecular complexity index is 840. The highest BCUT2D eigenvalue weighted by Crippen LogP contribution is 2.26. The van der Waals surface area contributed by atoms with Gasteiger partial charge in [0.1, 0.15) is 0 Å². The van der Waals surface area contributed by atoms with E-state index in [1.54, 1.807) is 0 Å². The van der Waals surface area contributed by atoms with E-state index >= 15 is 0 Å². The minimum Gasteiger partial charge on any atom is -0.376 e. The van der Waals surface area contributed by atoms with Crippen LogP contribution in [0.3, 0.4) is 0 Å². The molecule has 0 unspecified atom stereocenters. The number of hydrogen-bond acceptors (Lipinski definition) is 7. The summed E-state index contributed by atoms with van der Waals surface area (Å²) in [5.41, 5.74) is 1.77. The average molecular weight is 435 g/mol. The molecule has 0 aliphatic carbocycles. The third kappa shape index (κ3) is 6.52. The van der Waals surface area contributed by atoms with Crippen molar-refractivity contribution in [1.82, 2.24) is 15.5 Å². The van der Waals surface area contributed by atoms with E-state index in [0.29, 0.717) is 21.6 Å². The average Bonchev–Trinajstić information content (AvgIpc) is 3.36. The van der Waals surface area contributed by atoms with E-state index in [1.807, 2.05) is 24.3 Å². The number of hydrogen-bond donors (Lipinski definition) is 2. The van der Waals surface area contributed by atoms with E-state index in [0.717, 1.165) is 19.4 Å². The highest BCUT2D eigenvalue weighted by Gasteiger charge is 2.17. The molecule has 7 nitrogen and oxygen atoms in total. The Kier molecular flexibility index (Phi) is 7.26. The number of aromatic nitrogens is 2. The number of anilines is 1. The van der Waals surface area contributed by atoms with Crippen molar-refractivity contribution in [2.24, 2.45) is 0 Å². The summed E-state index contributed by atoms with van der Waals surface area (Å²) in [6.45, 7) is 7.71. The van der Waals surface area contributed by atoms with Gasteiger partial charge >= 0.3 is 0 Å². The Balaban J connectivity index is 1.45. The maximum absolute atomic E-state index is 12.4. The minimum atomic E-state index is -0.229. The van der Waals surface area contributed by atoms with Gasteiger partial charge < -0.3 is 10.1 Å². The van der Waals surface area contributed by atoms with Crippen molar-refractivity contribution in [3.8, 4) is 0 Å². The molecule has 0 spiro atoms. The molecule has 156 valence electrons. The number of ether oxygens (including phenoxy) is 1. The second-order valence-corrected chi connectivity index (χ2v) is 10.1. The molecule has 0 radical (unpaired) electrons. The highest BCUT2D eigenvalue weighted by molar-refractivity contribution is 8.01. The highest BCUT2D eigenvalue weighted by atomic mass is 32.2. The van der Waals surface area contributed by atoms with E-state index in [1.165, 1.54) is 28.7 Å². The number of amides is 2. The number of rotatable bonds is 7. The van der Waals surface area contributed by atoms with E-state index in [2.05, 4.69) is 41.6 Å². The van der Waals surface area contributed by atoms with Gasteiger partial charge in [0.25, 0.3) is 5.91 Å². The summed E-state index contributed by atoms with van der Waals surface area (Å²) in [5.74, 6) is -0.0403. The Labute approximate surface area is 179 Å². The van der Waals surface area contributed by atoms with Crippen LogP contribution in [0, 0.1) is 0 Å². The van der Waals surface area contributed by atoms with Gasteiger partial charge in [-0.05, 0) is 36.0 Å². The number of nitrogens with zero attached hydrogens (tertiary/aromatic N) is 2. The fourth-order valence-electron chi connectivity index (χ4n) is 2.82. The van der Waals surface area contributed by atoms with Crippen molar-refractivity contribution in [2.75, 3.05) is 24.2 Å². The molecule has 2 N–H and O–H groups in total. The first-order valence-electron chi connectivity index (χ1n) is 9.58. The lowest BCUT2D eigenvalue weighted by atomic mass is 9.87. The number of benzene rings is 1. The van der Waals surface area contributed by atoms with Gasteiger partial charge in [0, 0.05) is 18.7 Å². The van der Waals surface area contributed by atoms with Crippen LogP contribution in [0.2, 0.25) is 0 Å². The number of carbonyl (C=O) groups excluding carboxylic acids is 2. The standard InChI is InChI=1S/C20H26N4O3S2/c1-20(2,3)14-8-6-13(7-9-14)17(26)22-18-23-24-19(29-18)28-12-16(25)21-11-15-5-4-10-27-15/h6-9,15H,4-5,10-12H2,1-3H3,(H,21,25)(H,22,23,26)/t15-/m1/s1. The SMILES string of the molecule is CC(C)(C)c1ccc(C(=O)Nc2nnc(SCC(=O)NC[C@H]3CCCO3)s2)cc1. The lowest BCUT2D eigenvalue weighted by Crippen LogP contribution is -2.32. The van der Waals surface area contributed by atoms with Crippen LogP contribution in [0.15, 0.2) is 28.6 Å². The zero-order valence-corrected chi connectivity index (χ0v) is 18.5. The molecule has 2 amide bonds. The molecule has 1 aromatic carbocycles. The summed E-state index contributed by atoms with van der Waals surface area (Å²) in [6, 6.07) is 7.55. The fraction of sp³-hybridized carbons (Fsp3) is 0.500. The van der Waals surface area contributed by atoms with Gasteiger partial charge in [-0.25, -0.2) is 0 Å². The van der Waals surface area contributed by atoms with Crippen LogP contribution < -0.4 is 10.6 Å². The molecule has 1 saturated heterocycles. The summed E-state index contributed by atoms with van der Waals surface area (Å²) >= 11 is 2.55. The maximum Gasteiger partial charge on any atom is 0.257 e. The molecule has 1 fully saturated rings. The topological polar surface area (TPSA) is 93.2 Å². The molecule has 0 saturated carbocycles. The second-order valence-electron chi connectivity index (χ2n) is 7.88. The van der Waals surface area contributed by atoms with Crippen molar-refractivity contribution in [1.29, 1.82) is 0 Å². The van der Waals surface area contributed by atoms with Crippen molar-refractivity contribution in [3.05, 3.63) is 35.4 Å². The van der Waals surface area contributed by atoms with E-state index in [-0.39, 0.29) is 29.1 Å². The second kappa shape index (κ2) is 9.69. The van der Waals surface area contributed by atoms with Gasteiger partial charge in [-0.15, -0.1) is 10.2 Å². The van der Waals surface area contributed by atoms with Crippen molar-refractivity contribution >= 4 is 40.0 Å². The molecule has 9 heteroatoms. The predicted octanol–water partition coefficient (Wildman–Crippen LogP) is 3.48. The molecular formula is C20H26N4O3S2. The van der Waals surface area contributed by atoms with Crippen LogP contribution in [-0.4, -0.2) is 47.0 Å². The van der Waals surface area contributed by atoms with Crippen molar-refractivity contribution < 1.29 is 14.3 Å². The third-order valence-corrected chi connectivity index (χ3v) is 6.49. The molecule has 1 atom stereocenters. The largest absolute Gasteiger partial charge is 0.376 e. The van der Waals surface area contributed by atoms with E-state index < -0.39 is 0 Å². The van der Waals surface area contributed by atoms with Gasteiger partial charge in [-0.2, -0.15) is 0 Å². The summed E-state index contributed by atoms with van der Waals surface area (Å²) in [4.78, 5) is 24.3. The Morgan fingerprint density at radius 1 is 1.24 bits per heavy atom. The molecule has 3 rings (SSSR count). The Morgan fingerprint density at radius 3 is 2.66 bits per heavy atom. The first kappa shape index (κ1) is 21.7. The Hall–Kier alpha value is -1.97. The van der Waals surface area contributed by atoms with Gasteiger partial charge in [0.2, 0.25) is 11.0 Å². The first-order chi connectivity index (χ1) is 13.8. The Morgan fingerprint density at radius 2 is 2.00 bits per heavy atom. The normalized spacial score (nSPS) is 16.6. The molecule has 2 aromatic rings. The molecule has 29 heavy (non-hydrogen) atoms. The van der Waals surface area contributed by atoms with Crippen LogP contribution in [-0.2, 0) is 14.9 Å². The number of nitrogens with one attached hydrogen (secondary N) is 2. The summed E-state index contributed by atoms with van der Waals surface area (Å²) in [7, 11) is 0. The van der Waals surface area contributed by atoms with Crippen LogP contribution >= 0.6 is 23.1 Å². The number of thioether (sulfide) groups is 1.